The molecule has 1 atom stereocenters. The average molecular weight is 385 g/mol. The van der Waals surface area contributed by atoms with Crippen molar-refractivity contribution in [2.75, 3.05) is 31.1 Å². The number of piperazine rings is 1. The molecule has 3 rings (SSSR count). The Balaban J connectivity index is 1.58. The van der Waals surface area contributed by atoms with Crippen LogP contribution in [0.3, 0.4) is 0 Å². The molecule has 1 aliphatic rings. The van der Waals surface area contributed by atoms with E-state index in [-0.39, 0.29) is 17.7 Å². The van der Waals surface area contributed by atoms with Crippen molar-refractivity contribution in [1.82, 2.24) is 15.1 Å². The average Bonchev–Trinajstić information content (AvgIpc) is 3.17. The van der Waals surface area contributed by atoms with Crippen molar-refractivity contribution in [3.63, 3.8) is 0 Å². The molecule has 152 valence electrons. The zero-order valence-corrected chi connectivity index (χ0v) is 17.7. The van der Waals surface area contributed by atoms with Gasteiger partial charge in [-0.15, -0.1) is 5.10 Å². The summed E-state index contributed by atoms with van der Waals surface area (Å²) in [5.74, 6) is 1.77. The van der Waals surface area contributed by atoms with Crippen LogP contribution in [0.1, 0.15) is 63.0 Å². The molecule has 6 nitrogen and oxygen atoms in total. The molecule has 2 heterocycles. The van der Waals surface area contributed by atoms with E-state index in [1.807, 2.05) is 18.7 Å². The lowest BCUT2D eigenvalue weighted by Gasteiger charge is -2.35. The first-order valence-corrected chi connectivity index (χ1v) is 10.3. The third kappa shape index (κ3) is 4.72. The summed E-state index contributed by atoms with van der Waals surface area (Å²) in [6.07, 6.45) is 0.554. The van der Waals surface area contributed by atoms with Gasteiger partial charge in [-0.25, -0.2) is 0 Å². The van der Waals surface area contributed by atoms with Crippen LogP contribution in [0.25, 0.3) is 0 Å². The minimum Gasteiger partial charge on any atom is -0.408 e. The fraction of sp³-hybridized carbons (Fsp3) is 0.591. The lowest BCUT2D eigenvalue weighted by atomic mass is 9.85. The molecule has 1 aromatic heterocycles. The van der Waals surface area contributed by atoms with Crippen LogP contribution >= 0.6 is 0 Å². The highest BCUT2D eigenvalue weighted by molar-refractivity contribution is 5.77. The van der Waals surface area contributed by atoms with E-state index in [1.54, 1.807) is 0 Å². The molecule has 1 saturated heterocycles. The maximum atomic E-state index is 12.9. The largest absolute Gasteiger partial charge is 0.408 e. The van der Waals surface area contributed by atoms with Gasteiger partial charge in [0.2, 0.25) is 11.8 Å². The van der Waals surface area contributed by atoms with Gasteiger partial charge in [0.25, 0.3) is 0 Å². The van der Waals surface area contributed by atoms with E-state index in [0.29, 0.717) is 37.3 Å². The number of hydrogen-bond acceptors (Lipinski definition) is 5. The van der Waals surface area contributed by atoms with E-state index >= 15 is 0 Å². The van der Waals surface area contributed by atoms with Gasteiger partial charge in [-0.2, -0.15) is 0 Å². The predicted molar refractivity (Wildman–Crippen MR) is 111 cm³/mol. The molecule has 0 N–H and O–H groups in total. The first kappa shape index (κ1) is 20.4. The van der Waals surface area contributed by atoms with Crippen molar-refractivity contribution < 1.29 is 9.21 Å². The molecule has 6 heteroatoms. The van der Waals surface area contributed by atoms with Gasteiger partial charge < -0.3 is 14.2 Å². The second kappa shape index (κ2) is 8.76. The highest BCUT2D eigenvalue weighted by atomic mass is 16.4. The van der Waals surface area contributed by atoms with Crippen molar-refractivity contribution in [2.24, 2.45) is 5.92 Å². The molecule has 28 heavy (non-hydrogen) atoms. The molecule has 1 unspecified atom stereocenters. The molecule has 0 spiro atoms. The molecule has 0 radical (unpaired) electrons. The molecule has 1 aliphatic heterocycles. The Hall–Kier alpha value is -2.37. The van der Waals surface area contributed by atoms with E-state index in [2.05, 4.69) is 60.1 Å². The number of aryl methyl sites for hydroxylation is 1. The number of aromatic nitrogens is 2. The number of carbonyl (C=O) groups is 1. The van der Waals surface area contributed by atoms with Crippen LogP contribution in [0.5, 0.6) is 0 Å². The van der Waals surface area contributed by atoms with Gasteiger partial charge in [-0.3, -0.25) is 4.79 Å². The van der Waals surface area contributed by atoms with Crippen molar-refractivity contribution in [1.29, 1.82) is 0 Å². The van der Waals surface area contributed by atoms with Gasteiger partial charge in [0.1, 0.15) is 0 Å². The lowest BCUT2D eigenvalue weighted by molar-refractivity contribution is -0.132. The zero-order valence-electron chi connectivity index (χ0n) is 17.7. The predicted octanol–water partition coefficient (Wildman–Crippen LogP) is 3.98. The van der Waals surface area contributed by atoms with Gasteiger partial charge in [-0.1, -0.05) is 62.6 Å². The van der Waals surface area contributed by atoms with Crippen LogP contribution < -0.4 is 4.90 Å². The van der Waals surface area contributed by atoms with Crippen LogP contribution in [0.4, 0.5) is 6.01 Å². The minimum absolute atomic E-state index is 0.221. The number of anilines is 1. The van der Waals surface area contributed by atoms with E-state index < -0.39 is 0 Å². The lowest BCUT2D eigenvalue weighted by Crippen LogP contribution is -2.49. The fourth-order valence-corrected chi connectivity index (χ4v) is 3.60. The summed E-state index contributed by atoms with van der Waals surface area (Å²) in [5.41, 5.74) is 2.50. The maximum absolute atomic E-state index is 12.9. The summed E-state index contributed by atoms with van der Waals surface area (Å²) in [4.78, 5) is 17.0. The summed E-state index contributed by atoms with van der Waals surface area (Å²) in [7, 11) is 0. The molecule has 1 aromatic carbocycles. The van der Waals surface area contributed by atoms with Crippen LogP contribution in [0.2, 0.25) is 0 Å². The van der Waals surface area contributed by atoms with E-state index in [1.165, 1.54) is 11.1 Å². The minimum atomic E-state index is 0.221. The van der Waals surface area contributed by atoms with Gasteiger partial charge in [0, 0.05) is 38.5 Å². The molecule has 1 fully saturated rings. The fourth-order valence-electron chi connectivity index (χ4n) is 3.60. The Bertz CT molecular complexity index is 774. The molecule has 0 bridgehead atoms. The van der Waals surface area contributed by atoms with Crippen LogP contribution in [0.15, 0.2) is 28.7 Å². The third-order valence-corrected chi connectivity index (χ3v) is 5.53. The van der Waals surface area contributed by atoms with Gasteiger partial charge in [-0.05, 0) is 24.3 Å². The van der Waals surface area contributed by atoms with E-state index in [0.717, 1.165) is 13.1 Å². The highest BCUT2D eigenvalue weighted by Gasteiger charge is 2.27. The Morgan fingerprint density at radius 1 is 1.04 bits per heavy atom. The maximum Gasteiger partial charge on any atom is 0.318 e. The standard InChI is InChI=1S/C22H32N4O2/c1-15(2)19(18-8-6-17(5)7-9-18)14-20(27)25-10-12-26(13-11-25)22-24-23-21(28-22)16(3)4/h6-9,15-16,19H,10-14H2,1-5H3. The Kier molecular flexibility index (Phi) is 6.37. The number of carbonyl (C=O) groups excluding carboxylic acids is 1. The zero-order chi connectivity index (χ0) is 20.3. The molecular weight excluding hydrogens is 352 g/mol. The van der Waals surface area contributed by atoms with Crippen molar-refractivity contribution in [2.45, 2.75) is 52.9 Å². The number of rotatable bonds is 6. The normalized spacial score (nSPS) is 16.1. The summed E-state index contributed by atoms with van der Waals surface area (Å²) in [6, 6.07) is 9.14. The first-order chi connectivity index (χ1) is 13.3. The number of amides is 1. The topological polar surface area (TPSA) is 62.5 Å². The second-order valence-corrected chi connectivity index (χ2v) is 8.41. The quantitative estimate of drug-likeness (QED) is 0.754. The van der Waals surface area contributed by atoms with E-state index in [4.69, 9.17) is 4.42 Å². The molecular formula is C22H32N4O2. The summed E-state index contributed by atoms with van der Waals surface area (Å²) in [5, 5.41) is 8.26. The van der Waals surface area contributed by atoms with Gasteiger partial charge in [0.05, 0.1) is 0 Å². The highest BCUT2D eigenvalue weighted by Crippen LogP contribution is 2.29. The molecule has 2 aromatic rings. The molecule has 0 saturated carbocycles. The van der Waals surface area contributed by atoms with Gasteiger partial charge in [0.15, 0.2) is 0 Å². The SMILES string of the molecule is Cc1ccc(C(CC(=O)N2CCN(c3nnc(C(C)C)o3)CC2)C(C)C)cc1. The summed E-state index contributed by atoms with van der Waals surface area (Å²) in [6.45, 7) is 13.4. The molecule has 1 amide bonds. The Morgan fingerprint density at radius 3 is 2.21 bits per heavy atom. The number of hydrogen-bond donors (Lipinski definition) is 0. The van der Waals surface area contributed by atoms with Crippen molar-refractivity contribution >= 4 is 11.9 Å². The Morgan fingerprint density at radius 2 is 1.68 bits per heavy atom. The molecule has 0 aliphatic carbocycles. The number of nitrogens with zero attached hydrogens (tertiary/aromatic N) is 4. The third-order valence-electron chi connectivity index (χ3n) is 5.53. The number of benzene rings is 1. The monoisotopic (exact) mass is 384 g/mol. The Labute approximate surface area is 167 Å². The summed E-state index contributed by atoms with van der Waals surface area (Å²) >= 11 is 0. The second-order valence-electron chi connectivity index (χ2n) is 8.41. The van der Waals surface area contributed by atoms with Crippen molar-refractivity contribution in [3.8, 4) is 0 Å². The van der Waals surface area contributed by atoms with Crippen molar-refractivity contribution in [3.05, 3.63) is 41.3 Å². The summed E-state index contributed by atoms with van der Waals surface area (Å²) < 4.78 is 5.74. The van der Waals surface area contributed by atoms with Gasteiger partial charge >= 0.3 is 6.01 Å². The van der Waals surface area contributed by atoms with Crippen LogP contribution in [0, 0.1) is 12.8 Å². The van der Waals surface area contributed by atoms with E-state index in [9.17, 15) is 4.79 Å². The van der Waals surface area contributed by atoms with Crippen LogP contribution in [-0.4, -0.2) is 47.2 Å². The van der Waals surface area contributed by atoms with Crippen LogP contribution in [-0.2, 0) is 4.79 Å². The smallest absolute Gasteiger partial charge is 0.318 e. The first-order valence-electron chi connectivity index (χ1n) is 10.3.